The molecule has 1 aromatic heterocycles. The predicted molar refractivity (Wildman–Crippen MR) is 104 cm³/mol. The highest BCUT2D eigenvalue weighted by molar-refractivity contribution is 7.99. The Bertz CT molecular complexity index is 983. The average molecular weight is 399 g/mol. The van der Waals surface area contributed by atoms with Crippen molar-refractivity contribution in [3.63, 3.8) is 0 Å². The van der Waals surface area contributed by atoms with Crippen molar-refractivity contribution in [1.82, 2.24) is 4.98 Å². The Morgan fingerprint density at radius 1 is 1.18 bits per heavy atom. The fourth-order valence-electron chi connectivity index (χ4n) is 2.28. The molecule has 2 aromatic carbocycles. The minimum absolute atomic E-state index is 0.0439. The molecule has 0 saturated heterocycles. The predicted octanol–water partition coefficient (Wildman–Crippen LogP) is 2.59. The second kappa shape index (κ2) is 8.57. The van der Waals surface area contributed by atoms with Crippen LogP contribution in [-0.4, -0.2) is 34.6 Å². The maximum absolute atomic E-state index is 12.1. The van der Waals surface area contributed by atoms with Crippen molar-refractivity contribution in [2.45, 2.75) is 18.3 Å². The third-order valence-electron chi connectivity index (χ3n) is 3.70. The Morgan fingerprint density at radius 2 is 1.89 bits per heavy atom. The van der Waals surface area contributed by atoms with Crippen molar-refractivity contribution in [3.05, 3.63) is 54.1 Å². The van der Waals surface area contributed by atoms with Gasteiger partial charge in [0.2, 0.25) is 5.91 Å². The van der Waals surface area contributed by atoms with E-state index in [1.165, 1.54) is 31.2 Å². The number of ether oxygens (including phenoxy) is 1. The number of nitrogens with zero attached hydrogens (tertiary/aromatic N) is 1. The first-order valence-electron chi connectivity index (χ1n) is 8.31. The van der Waals surface area contributed by atoms with Crippen LogP contribution in [-0.2, 0) is 14.3 Å². The van der Waals surface area contributed by atoms with E-state index in [1.54, 1.807) is 6.07 Å². The number of hydrogen-bond acceptors (Lipinski definition) is 7. The van der Waals surface area contributed by atoms with Crippen molar-refractivity contribution >= 4 is 46.3 Å². The molecule has 0 unspecified atom stereocenters. The summed E-state index contributed by atoms with van der Waals surface area (Å²) < 4.78 is 10.6. The molecule has 0 aliphatic heterocycles. The molecule has 0 fully saturated rings. The second-order valence-electron chi connectivity index (χ2n) is 5.80. The summed E-state index contributed by atoms with van der Waals surface area (Å²) in [5.41, 5.74) is 7.28. The van der Waals surface area contributed by atoms with Crippen LogP contribution in [0.4, 0.5) is 5.69 Å². The first kappa shape index (κ1) is 19.4. The van der Waals surface area contributed by atoms with Crippen LogP contribution in [0.1, 0.15) is 17.3 Å². The molecule has 0 bridgehead atoms. The molecule has 1 heterocycles. The minimum Gasteiger partial charge on any atom is -0.452 e. The molecular weight excluding hydrogens is 382 g/mol. The highest BCUT2D eigenvalue weighted by Gasteiger charge is 2.19. The van der Waals surface area contributed by atoms with Crippen molar-refractivity contribution in [2.75, 3.05) is 11.1 Å². The summed E-state index contributed by atoms with van der Waals surface area (Å²) in [6.07, 6.45) is -0.993. The van der Waals surface area contributed by atoms with Gasteiger partial charge in [-0.25, -0.2) is 4.98 Å². The van der Waals surface area contributed by atoms with Gasteiger partial charge in [-0.05, 0) is 43.3 Å². The molecular formula is C19H17N3O5S. The van der Waals surface area contributed by atoms with Gasteiger partial charge in [0.1, 0.15) is 11.3 Å². The first-order chi connectivity index (χ1) is 13.4. The van der Waals surface area contributed by atoms with E-state index in [0.29, 0.717) is 27.6 Å². The van der Waals surface area contributed by atoms with Gasteiger partial charge in [-0.1, -0.05) is 23.9 Å². The number of nitrogens with one attached hydrogen (secondary N) is 1. The van der Waals surface area contributed by atoms with Crippen LogP contribution in [0.25, 0.3) is 11.1 Å². The summed E-state index contributed by atoms with van der Waals surface area (Å²) in [6.45, 7) is 1.47. The zero-order valence-corrected chi connectivity index (χ0v) is 15.7. The van der Waals surface area contributed by atoms with Crippen LogP contribution in [0, 0.1) is 0 Å². The summed E-state index contributed by atoms with van der Waals surface area (Å²) in [4.78, 5) is 39.4. The van der Waals surface area contributed by atoms with Gasteiger partial charge < -0.3 is 20.2 Å². The second-order valence-corrected chi connectivity index (χ2v) is 6.73. The zero-order chi connectivity index (χ0) is 20.1. The summed E-state index contributed by atoms with van der Waals surface area (Å²) in [5.74, 6) is -1.67. The maximum Gasteiger partial charge on any atom is 0.317 e. The third-order valence-corrected chi connectivity index (χ3v) is 4.50. The van der Waals surface area contributed by atoms with Crippen LogP contribution >= 0.6 is 11.8 Å². The lowest BCUT2D eigenvalue weighted by Gasteiger charge is -2.13. The normalized spacial score (nSPS) is 11.8. The van der Waals surface area contributed by atoms with Gasteiger partial charge in [0.05, 0.1) is 0 Å². The van der Waals surface area contributed by atoms with E-state index >= 15 is 0 Å². The molecule has 1 atom stereocenters. The summed E-state index contributed by atoms with van der Waals surface area (Å²) in [6, 6.07) is 13.3. The van der Waals surface area contributed by atoms with Crippen LogP contribution in [0.2, 0.25) is 0 Å². The summed E-state index contributed by atoms with van der Waals surface area (Å²) in [5, 5.41) is 2.95. The topological polar surface area (TPSA) is 125 Å². The van der Waals surface area contributed by atoms with E-state index in [4.69, 9.17) is 14.9 Å². The molecule has 3 rings (SSSR count). The van der Waals surface area contributed by atoms with Gasteiger partial charge in [0.25, 0.3) is 11.1 Å². The molecule has 3 N–H and O–H groups in total. The van der Waals surface area contributed by atoms with E-state index in [1.807, 2.05) is 18.2 Å². The van der Waals surface area contributed by atoms with Gasteiger partial charge in [0, 0.05) is 11.3 Å². The molecule has 144 valence electrons. The molecule has 3 aromatic rings. The van der Waals surface area contributed by atoms with Crippen molar-refractivity contribution in [2.24, 2.45) is 5.73 Å². The fourth-order valence-corrected chi connectivity index (χ4v) is 2.90. The molecule has 0 aliphatic carbocycles. The number of aromatic nitrogens is 1. The Labute approximate surface area is 164 Å². The number of amides is 2. The Hall–Kier alpha value is -3.33. The molecule has 0 saturated carbocycles. The highest BCUT2D eigenvalue weighted by Crippen LogP contribution is 2.23. The van der Waals surface area contributed by atoms with Crippen molar-refractivity contribution in [1.29, 1.82) is 0 Å². The average Bonchev–Trinajstić information content (AvgIpc) is 3.09. The number of primary amides is 1. The van der Waals surface area contributed by atoms with Crippen LogP contribution in [0.3, 0.4) is 0 Å². The zero-order valence-electron chi connectivity index (χ0n) is 14.9. The number of benzene rings is 2. The molecule has 0 spiro atoms. The van der Waals surface area contributed by atoms with Crippen LogP contribution in [0.15, 0.2) is 58.2 Å². The van der Waals surface area contributed by atoms with Gasteiger partial charge >= 0.3 is 5.97 Å². The number of anilines is 1. The monoisotopic (exact) mass is 399 g/mol. The van der Waals surface area contributed by atoms with Crippen molar-refractivity contribution < 1.29 is 23.5 Å². The van der Waals surface area contributed by atoms with E-state index in [0.717, 1.165) is 11.8 Å². The smallest absolute Gasteiger partial charge is 0.317 e. The fraction of sp³-hybridized carbons (Fsp3) is 0.158. The maximum atomic E-state index is 12.1. The lowest BCUT2D eigenvalue weighted by Crippen LogP contribution is -2.30. The number of carbonyl (C=O) groups excluding carboxylic acids is 3. The van der Waals surface area contributed by atoms with E-state index in [9.17, 15) is 14.4 Å². The molecule has 8 nitrogen and oxygen atoms in total. The molecule has 9 heteroatoms. The number of fused-ring (bicyclic) bond motifs is 1. The van der Waals surface area contributed by atoms with Crippen LogP contribution < -0.4 is 11.1 Å². The van der Waals surface area contributed by atoms with E-state index in [2.05, 4.69) is 10.3 Å². The number of oxazole rings is 1. The molecule has 2 amide bonds. The summed E-state index contributed by atoms with van der Waals surface area (Å²) >= 11 is 1.09. The summed E-state index contributed by atoms with van der Waals surface area (Å²) in [7, 11) is 0. The van der Waals surface area contributed by atoms with Crippen LogP contribution in [0.5, 0.6) is 0 Å². The number of rotatable bonds is 7. The Balaban J connectivity index is 1.48. The lowest BCUT2D eigenvalue weighted by atomic mass is 10.2. The first-order valence-corrected chi connectivity index (χ1v) is 9.29. The lowest BCUT2D eigenvalue weighted by molar-refractivity contribution is -0.150. The van der Waals surface area contributed by atoms with Gasteiger partial charge in [0.15, 0.2) is 11.7 Å². The van der Waals surface area contributed by atoms with Crippen molar-refractivity contribution in [3.8, 4) is 0 Å². The Kier molecular flexibility index (Phi) is 5.95. The van der Waals surface area contributed by atoms with Gasteiger partial charge in [-0.3, -0.25) is 14.4 Å². The highest BCUT2D eigenvalue weighted by atomic mass is 32.2. The van der Waals surface area contributed by atoms with Gasteiger partial charge in [-0.2, -0.15) is 0 Å². The number of carbonyl (C=O) groups is 3. The minimum atomic E-state index is -0.993. The number of esters is 1. The van der Waals surface area contributed by atoms with E-state index < -0.39 is 23.9 Å². The third kappa shape index (κ3) is 4.89. The molecule has 28 heavy (non-hydrogen) atoms. The standard InChI is InChI=1S/C19H17N3O5S/c1-11(18(25)21-13-8-6-12(7-9-13)17(20)24)26-16(23)10-28-19-22-14-4-2-3-5-15(14)27-19/h2-9,11H,10H2,1H3,(H2,20,24)(H,21,25)/t11-/m0/s1. The largest absolute Gasteiger partial charge is 0.452 e. The van der Waals surface area contributed by atoms with Gasteiger partial charge in [-0.15, -0.1) is 0 Å². The molecule has 0 aliphatic rings. The SMILES string of the molecule is C[C@H](OC(=O)CSc1nc2ccccc2o1)C(=O)Nc1ccc(C(N)=O)cc1. The Morgan fingerprint density at radius 3 is 2.57 bits per heavy atom. The molecule has 0 radical (unpaired) electrons. The van der Waals surface area contributed by atoms with E-state index in [-0.39, 0.29) is 5.75 Å². The number of hydrogen-bond donors (Lipinski definition) is 2. The number of thioether (sulfide) groups is 1. The number of para-hydroxylation sites is 2. The quantitative estimate of drug-likeness (QED) is 0.462. The number of nitrogens with two attached hydrogens (primary N) is 1.